The molecule has 1 aliphatic carbocycles. The van der Waals surface area contributed by atoms with Crippen LogP contribution in [-0.2, 0) is 7.05 Å². The normalized spacial score (nSPS) is 17.1. The van der Waals surface area contributed by atoms with Crippen LogP contribution in [-0.4, -0.2) is 15.8 Å². The van der Waals surface area contributed by atoms with Crippen molar-refractivity contribution in [3.8, 4) is 29.5 Å². The van der Waals surface area contributed by atoms with E-state index >= 15 is 0 Å². The SMILES string of the molecule is C[n+]1cccc(-c2cnc3c(n2)C(C(=C=[N-])C#N)C=CC3[C](C#N)C#N)c1. The van der Waals surface area contributed by atoms with Crippen molar-refractivity contribution in [1.29, 1.82) is 15.8 Å². The zero-order valence-electron chi connectivity index (χ0n) is 14.3. The van der Waals surface area contributed by atoms with Crippen LogP contribution in [0.4, 0.5) is 0 Å². The van der Waals surface area contributed by atoms with Gasteiger partial charge in [-0.25, -0.2) is 9.55 Å². The molecule has 0 aromatic carbocycles. The molecule has 2 unspecified atom stereocenters. The Labute approximate surface area is 156 Å². The highest BCUT2D eigenvalue weighted by atomic mass is 14.9. The monoisotopic (exact) mass is 350 g/mol. The minimum absolute atomic E-state index is 0.0189. The highest BCUT2D eigenvalue weighted by Crippen LogP contribution is 2.39. The number of fused-ring (bicyclic) bond motifs is 1. The van der Waals surface area contributed by atoms with Crippen LogP contribution in [0.15, 0.2) is 48.4 Å². The van der Waals surface area contributed by atoms with Crippen molar-refractivity contribution >= 4 is 5.87 Å². The fourth-order valence-corrected chi connectivity index (χ4v) is 2.96. The minimum atomic E-state index is -0.658. The van der Waals surface area contributed by atoms with Crippen molar-refractivity contribution in [3.63, 3.8) is 0 Å². The number of hydrogen-bond donors (Lipinski definition) is 0. The average Bonchev–Trinajstić information content (AvgIpc) is 2.70. The zero-order valence-corrected chi connectivity index (χ0v) is 14.3. The minimum Gasteiger partial charge on any atom is -0.762 e. The Morgan fingerprint density at radius 1 is 1.11 bits per heavy atom. The van der Waals surface area contributed by atoms with Crippen LogP contribution in [0, 0.1) is 39.9 Å². The van der Waals surface area contributed by atoms with Crippen LogP contribution in [0.5, 0.6) is 0 Å². The molecule has 2 atom stereocenters. The number of pyridine rings is 1. The van der Waals surface area contributed by atoms with Gasteiger partial charge in [-0.2, -0.15) is 15.8 Å². The van der Waals surface area contributed by atoms with Gasteiger partial charge in [-0.3, -0.25) is 10.9 Å². The molecular weight excluding hydrogens is 338 g/mol. The van der Waals surface area contributed by atoms with E-state index in [0.29, 0.717) is 17.1 Å². The van der Waals surface area contributed by atoms with Crippen LogP contribution in [0.25, 0.3) is 16.7 Å². The van der Waals surface area contributed by atoms with Crippen molar-refractivity contribution in [2.24, 2.45) is 7.05 Å². The van der Waals surface area contributed by atoms with Crippen LogP contribution in [0.2, 0.25) is 0 Å². The van der Waals surface area contributed by atoms with E-state index < -0.39 is 11.8 Å². The van der Waals surface area contributed by atoms with Crippen molar-refractivity contribution in [2.75, 3.05) is 0 Å². The molecule has 27 heavy (non-hydrogen) atoms. The van der Waals surface area contributed by atoms with Gasteiger partial charge in [0.15, 0.2) is 18.3 Å². The molecule has 1 aliphatic rings. The van der Waals surface area contributed by atoms with Gasteiger partial charge in [0.05, 0.1) is 58.4 Å². The van der Waals surface area contributed by atoms with Gasteiger partial charge in [-0.1, -0.05) is 12.2 Å². The summed E-state index contributed by atoms with van der Waals surface area (Å²) in [5, 5.41) is 37.0. The van der Waals surface area contributed by atoms with E-state index in [2.05, 4.69) is 9.97 Å². The predicted molar refractivity (Wildman–Crippen MR) is 95.2 cm³/mol. The third-order valence-corrected chi connectivity index (χ3v) is 4.25. The number of nitriles is 3. The first kappa shape index (κ1) is 17.7. The summed E-state index contributed by atoms with van der Waals surface area (Å²) in [6.45, 7) is 0. The average molecular weight is 350 g/mol. The fraction of sp³-hybridized carbons (Fsp3) is 0.150. The van der Waals surface area contributed by atoms with Gasteiger partial charge in [-0.05, 0) is 6.07 Å². The van der Waals surface area contributed by atoms with Gasteiger partial charge in [0.1, 0.15) is 13.1 Å². The van der Waals surface area contributed by atoms with Gasteiger partial charge >= 0.3 is 0 Å². The van der Waals surface area contributed by atoms with E-state index in [-0.39, 0.29) is 11.5 Å². The molecule has 3 rings (SSSR count). The lowest BCUT2D eigenvalue weighted by Gasteiger charge is -2.24. The molecule has 7 nitrogen and oxygen atoms in total. The smallest absolute Gasteiger partial charge is 0.188 e. The van der Waals surface area contributed by atoms with Gasteiger partial charge in [0.25, 0.3) is 0 Å². The lowest BCUT2D eigenvalue weighted by molar-refractivity contribution is -0.671. The summed E-state index contributed by atoms with van der Waals surface area (Å²) in [6.07, 6.45) is 8.59. The van der Waals surface area contributed by atoms with E-state index in [1.165, 1.54) is 0 Å². The van der Waals surface area contributed by atoms with Crippen molar-refractivity contribution < 1.29 is 4.57 Å². The number of nitrogens with zero attached hydrogens (tertiary/aromatic N) is 7. The Bertz CT molecular complexity index is 1090. The highest BCUT2D eigenvalue weighted by Gasteiger charge is 2.33. The fourth-order valence-electron chi connectivity index (χ4n) is 2.96. The maximum absolute atomic E-state index is 9.29. The Morgan fingerprint density at radius 2 is 1.85 bits per heavy atom. The second kappa shape index (κ2) is 7.42. The molecular formula is C20H12N7. The quantitative estimate of drug-likeness (QED) is 0.362. The number of allylic oxidation sites excluding steroid dienone is 3. The molecule has 0 bridgehead atoms. The number of aryl methyl sites for hydroxylation is 1. The summed E-state index contributed by atoms with van der Waals surface area (Å²) in [5.74, 6) is 0.581. The van der Waals surface area contributed by atoms with Crippen molar-refractivity contribution in [2.45, 2.75) is 11.8 Å². The molecule has 0 saturated heterocycles. The second-order valence-corrected chi connectivity index (χ2v) is 5.90. The summed E-state index contributed by atoms with van der Waals surface area (Å²) < 4.78 is 1.87. The summed E-state index contributed by atoms with van der Waals surface area (Å²) in [6, 6.07) is 9.42. The van der Waals surface area contributed by atoms with E-state index in [1.54, 1.807) is 18.3 Å². The van der Waals surface area contributed by atoms with E-state index in [9.17, 15) is 21.2 Å². The third kappa shape index (κ3) is 3.22. The van der Waals surface area contributed by atoms with Crippen molar-refractivity contribution in [1.82, 2.24) is 9.97 Å². The van der Waals surface area contributed by atoms with Crippen LogP contribution in [0.1, 0.15) is 23.2 Å². The van der Waals surface area contributed by atoms with Crippen LogP contribution >= 0.6 is 0 Å². The van der Waals surface area contributed by atoms with Gasteiger partial charge in [0, 0.05) is 6.07 Å². The zero-order chi connectivity index (χ0) is 19.4. The summed E-state index contributed by atoms with van der Waals surface area (Å²) in [7, 11) is 1.88. The molecule has 7 heteroatoms. The van der Waals surface area contributed by atoms with Gasteiger partial charge < -0.3 is 5.41 Å². The molecule has 127 valence electrons. The molecule has 0 saturated carbocycles. The van der Waals surface area contributed by atoms with Gasteiger partial charge in [-0.15, -0.1) is 0 Å². The van der Waals surface area contributed by atoms with Crippen molar-refractivity contribution in [3.05, 3.63) is 71.2 Å². The van der Waals surface area contributed by atoms with Gasteiger partial charge in [0.2, 0.25) is 0 Å². The standard InChI is InChI=1S/C20H12N7/c1-27-6-2-3-13(12-27)18-11-25-19-16(14(7-21)8-22)4-5-17(20(19)26-18)15(9-23)10-24/h2-6,11-12,16-17H,1H3. The first-order valence-corrected chi connectivity index (χ1v) is 7.97. The first-order valence-electron chi connectivity index (χ1n) is 7.97. The molecule has 0 aliphatic heterocycles. The Balaban J connectivity index is 2.20. The van der Waals surface area contributed by atoms with E-state index in [0.717, 1.165) is 5.56 Å². The summed E-state index contributed by atoms with van der Waals surface area (Å²) in [4.78, 5) is 9.09. The van der Waals surface area contributed by atoms with E-state index in [1.807, 2.05) is 60.2 Å². The molecule has 2 aromatic heterocycles. The maximum atomic E-state index is 9.29. The molecule has 0 fully saturated rings. The van der Waals surface area contributed by atoms with Crippen LogP contribution < -0.4 is 4.57 Å². The largest absolute Gasteiger partial charge is 0.762 e. The lowest BCUT2D eigenvalue weighted by atomic mass is 9.80. The molecule has 0 spiro atoms. The lowest BCUT2D eigenvalue weighted by Crippen LogP contribution is -2.26. The highest BCUT2D eigenvalue weighted by molar-refractivity contribution is 5.71. The number of rotatable bonds is 3. The summed E-state index contributed by atoms with van der Waals surface area (Å²) in [5.41, 5.74) is 2.20. The number of aromatic nitrogens is 3. The third-order valence-electron chi connectivity index (χ3n) is 4.25. The predicted octanol–water partition coefficient (Wildman–Crippen LogP) is 2.02. The Morgan fingerprint density at radius 3 is 2.48 bits per heavy atom. The van der Waals surface area contributed by atoms with Crippen LogP contribution in [0.3, 0.4) is 0 Å². The Kier molecular flexibility index (Phi) is 4.86. The molecule has 0 N–H and O–H groups in total. The topological polar surface area (TPSA) is 123 Å². The number of hydrogen-bond acceptors (Lipinski definition) is 5. The molecule has 2 heterocycles. The van der Waals surface area contributed by atoms with E-state index in [4.69, 9.17) is 0 Å². The first-order chi connectivity index (χ1) is 13.1. The molecule has 2 aromatic rings. The Hall–Kier alpha value is -4.11. The second-order valence-electron chi connectivity index (χ2n) is 5.90. The molecule has 1 radical (unpaired) electrons. The summed E-state index contributed by atoms with van der Waals surface area (Å²) >= 11 is 0. The molecule has 0 amide bonds. The maximum Gasteiger partial charge on any atom is 0.188 e.